The zero-order valence-electron chi connectivity index (χ0n) is 9.51. The molecule has 0 aliphatic heterocycles. The minimum atomic E-state index is -0.870. The molecule has 94 valence electrons. The number of hydrogen-bond acceptors (Lipinski definition) is 4. The lowest BCUT2D eigenvalue weighted by molar-refractivity contribution is -0.136. The maximum atomic E-state index is 10.7. The van der Waals surface area contributed by atoms with Crippen LogP contribution in [-0.4, -0.2) is 23.2 Å². The fraction of sp³-hybridized carbons (Fsp3) is 0.167. The average molecular weight is 328 g/mol. The molecule has 2 rings (SSSR count). The molecule has 1 aromatic heterocycles. The molecule has 1 aromatic carbocycles. The van der Waals surface area contributed by atoms with Crippen molar-refractivity contribution in [2.24, 2.45) is 0 Å². The zero-order valence-corrected chi connectivity index (χ0v) is 11.9. The lowest BCUT2D eigenvalue weighted by Gasteiger charge is -2.04. The Bertz CT molecular complexity index is 582. The molecule has 0 fully saturated rings. The molecule has 0 bridgehead atoms. The second-order valence-electron chi connectivity index (χ2n) is 3.50. The molecule has 1 heterocycles. The highest BCUT2D eigenvalue weighted by atomic mass is 79.9. The normalized spacial score (nSPS) is 10.3. The molecule has 18 heavy (non-hydrogen) atoms. The van der Waals surface area contributed by atoms with Gasteiger partial charge < -0.3 is 9.84 Å². The number of aromatic nitrogens is 1. The van der Waals surface area contributed by atoms with E-state index in [1.165, 1.54) is 11.3 Å². The third-order valence-electron chi connectivity index (χ3n) is 2.30. The van der Waals surface area contributed by atoms with Crippen molar-refractivity contribution in [1.29, 1.82) is 0 Å². The van der Waals surface area contributed by atoms with Gasteiger partial charge in [0, 0.05) is 0 Å². The number of ether oxygens (including phenoxy) is 1. The summed E-state index contributed by atoms with van der Waals surface area (Å²) in [5.41, 5.74) is 0.863. The maximum Gasteiger partial charge on any atom is 0.308 e. The molecule has 0 saturated carbocycles. The van der Waals surface area contributed by atoms with Gasteiger partial charge in [-0.3, -0.25) is 4.79 Å². The first kappa shape index (κ1) is 13.0. The summed E-state index contributed by atoms with van der Waals surface area (Å²) in [6.45, 7) is 0. The molecule has 0 saturated heterocycles. The molecule has 1 N–H and O–H groups in total. The van der Waals surface area contributed by atoms with Crippen LogP contribution >= 0.6 is 27.3 Å². The Morgan fingerprint density at radius 3 is 2.89 bits per heavy atom. The van der Waals surface area contributed by atoms with E-state index in [0.29, 0.717) is 9.48 Å². The van der Waals surface area contributed by atoms with Crippen LogP contribution in [0.25, 0.3) is 10.6 Å². The Balaban J connectivity index is 2.42. The summed E-state index contributed by atoms with van der Waals surface area (Å²) in [5.74, 6) is -0.147. The Labute approximate surface area is 116 Å². The van der Waals surface area contributed by atoms with Gasteiger partial charge in [0.1, 0.15) is 15.4 Å². The van der Waals surface area contributed by atoms with Crippen LogP contribution in [0, 0.1) is 0 Å². The van der Waals surface area contributed by atoms with Crippen molar-refractivity contribution in [3.05, 3.63) is 33.7 Å². The van der Waals surface area contributed by atoms with E-state index >= 15 is 0 Å². The van der Waals surface area contributed by atoms with Crippen LogP contribution in [0.5, 0.6) is 5.75 Å². The van der Waals surface area contributed by atoms with Gasteiger partial charge in [0.25, 0.3) is 0 Å². The van der Waals surface area contributed by atoms with Gasteiger partial charge in [-0.05, 0) is 28.1 Å². The van der Waals surface area contributed by atoms with E-state index in [1.54, 1.807) is 7.11 Å². The highest BCUT2D eigenvalue weighted by Crippen LogP contribution is 2.36. The van der Waals surface area contributed by atoms with Gasteiger partial charge in [-0.1, -0.05) is 12.1 Å². The number of carboxylic acids is 1. The van der Waals surface area contributed by atoms with Gasteiger partial charge in [-0.2, -0.15) is 0 Å². The monoisotopic (exact) mass is 327 g/mol. The van der Waals surface area contributed by atoms with Gasteiger partial charge in [0.2, 0.25) is 0 Å². The highest BCUT2D eigenvalue weighted by Gasteiger charge is 2.15. The summed E-state index contributed by atoms with van der Waals surface area (Å²) in [4.78, 5) is 15.8. The fourth-order valence-corrected chi connectivity index (χ4v) is 3.17. The summed E-state index contributed by atoms with van der Waals surface area (Å²) < 4.78 is 5.84. The molecule has 0 unspecified atom stereocenters. The number of carboxylic acid groups (broad SMARTS) is 1. The topological polar surface area (TPSA) is 59.4 Å². The number of halogens is 1. The van der Waals surface area contributed by atoms with Crippen molar-refractivity contribution < 1.29 is 14.6 Å². The third-order valence-corrected chi connectivity index (χ3v) is 4.31. The van der Waals surface area contributed by atoms with Gasteiger partial charge in [0.05, 0.1) is 24.0 Å². The number of hydrogen-bond donors (Lipinski definition) is 1. The second kappa shape index (κ2) is 5.49. The summed E-state index contributed by atoms with van der Waals surface area (Å²) in [5, 5.41) is 9.55. The highest BCUT2D eigenvalue weighted by molar-refractivity contribution is 9.10. The predicted octanol–water partition coefficient (Wildman–Crippen LogP) is 3.21. The largest absolute Gasteiger partial charge is 0.496 e. The van der Waals surface area contributed by atoms with Gasteiger partial charge in [0.15, 0.2) is 0 Å². The van der Waals surface area contributed by atoms with Crippen LogP contribution in [0.15, 0.2) is 28.9 Å². The molecule has 0 aliphatic rings. The number of para-hydroxylation sites is 1. The van der Waals surface area contributed by atoms with Crippen molar-refractivity contribution in [2.45, 2.75) is 6.42 Å². The van der Waals surface area contributed by atoms with Crippen LogP contribution in [0.2, 0.25) is 0 Å². The summed E-state index contributed by atoms with van der Waals surface area (Å²) in [6.07, 6.45) is -0.0343. The van der Waals surface area contributed by atoms with Crippen molar-refractivity contribution in [3.8, 4) is 16.3 Å². The zero-order chi connectivity index (χ0) is 13.1. The Hall–Kier alpha value is -1.40. The van der Waals surface area contributed by atoms with Crippen molar-refractivity contribution in [2.75, 3.05) is 7.11 Å². The molecule has 4 nitrogen and oxygen atoms in total. The van der Waals surface area contributed by atoms with Crippen molar-refractivity contribution >= 4 is 33.2 Å². The van der Waals surface area contributed by atoms with Gasteiger partial charge >= 0.3 is 5.97 Å². The minimum absolute atomic E-state index is 0.0343. The predicted molar refractivity (Wildman–Crippen MR) is 73.1 cm³/mol. The summed E-state index contributed by atoms with van der Waals surface area (Å²) in [7, 11) is 1.60. The van der Waals surface area contributed by atoms with Gasteiger partial charge in [-0.25, -0.2) is 4.98 Å². The van der Waals surface area contributed by atoms with E-state index in [1.807, 2.05) is 24.3 Å². The first-order valence-electron chi connectivity index (χ1n) is 5.12. The number of carbonyl (C=O) groups is 1. The molecule has 0 radical (unpaired) electrons. The maximum absolute atomic E-state index is 10.7. The molecule has 6 heteroatoms. The summed E-state index contributed by atoms with van der Waals surface area (Å²) >= 11 is 4.64. The lowest BCUT2D eigenvalue weighted by Crippen LogP contribution is -1.98. The van der Waals surface area contributed by atoms with E-state index in [0.717, 1.165) is 16.3 Å². The molecular weight excluding hydrogens is 318 g/mol. The number of methoxy groups -OCH3 is 1. The van der Waals surface area contributed by atoms with E-state index in [2.05, 4.69) is 20.9 Å². The molecule has 0 spiro atoms. The van der Waals surface area contributed by atoms with Crippen LogP contribution in [0.4, 0.5) is 0 Å². The molecule has 2 aromatic rings. The Kier molecular flexibility index (Phi) is 3.98. The number of aliphatic carboxylic acids is 1. The lowest BCUT2D eigenvalue weighted by atomic mass is 10.2. The Morgan fingerprint density at radius 1 is 1.50 bits per heavy atom. The summed E-state index contributed by atoms with van der Waals surface area (Å²) in [6, 6.07) is 7.52. The SMILES string of the molecule is COc1ccccc1-c1nc(Br)c(CC(=O)O)s1. The molecular formula is C12H10BrNO3S. The Morgan fingerprint density at radius 2 is 2.22 bits per heavy atom. The van der Waals surface area contributed by atoms with Crippen LogP contribution in [-0.2, 0) is 11.2 Å². The smallest absolute Gasteiger partial charge is 0.308 e. The van der Waals surface area contributed by atoms with Crippen molar-refractivity contribution in [1.82, 2.24) is 4.98 Å². The van der Waals surface area contributed by atoms with E-state index < -0.39 is 5.97 Å². The molecule has 0 aliphatic carbocycles. The molecule has 0 atom stereocenters. The number of rotatable bonds is 4. The van der Waals surface area contributed by atoms with Gasteiger partial charge in [-0.15, -0.1) is 11.3 Å². The van der Waals surface area contributed by atoms with Crippen LogP contribution < -0.4 is 4.74 Å². The van der Waals surface area contributed by atoms with E-state index in [9.17, 15) is 4.79 Å². The number of benzene rings is 1. The minimum Gasteiger partial charge on any atom is -0.496 e. The standard InChI is InChI=1S/C12H10BrNO3S/c1-17-8-5-3-2-4-7(8)12-14-11(13)9(18-12)6-10(15)16/h2-5H,6H2,1H3,(H,15,16). The average Bonchev–Trinajstić information content (AvgIpc) is 2.70. The fourth-order valence-electron chi connectivity index (χ4n) is 1.52. The van der Waals surface area contributed by atoms with E-state index in [4.69, 9.17) is 9.84 Å². The number of thiazole rings is 1. The van der Waals surface area contributed by atoms with Crippen LogP contribution in [0.3, 0.4) is 0 Å². The van der Waals surface area contributed by atoms with Crippen molar-refractivity contribution in [3.63, 3.8) is 0 Å². The number of nitrogens with zero attached hydrogens (tertiary/aromatic N) is 1. The first-order chi connectivity index (χ1) is 8.61. The molecule has 0 amide bonds. The second-order valence-corrected chi connectivity index (χ2v) is 5.34. The first-order valence-corrected chi connectivity index (χ1v) is 6.73. The van der Waals surface area contributed by atoms with E-state index in [-0.39, 0.29) is 6.42 Å². The third kappa shape index (κ3) is 2.70. The quantitative estimate of drug-likeness (QED) is 0.936. The van der Waals surface area contributed by atoms with Crippen LogP contribution in [0.1, 0.15) is 4.88 Å².